The molecular formula is C20H12BrFN4O3. The number of hydrogen-bond donors (Lipinski definition) is 1. The first-order chi connectivity index (χ1) is 14.0. The van der Waals surface area contributed by atoms with Crippen molar-refractivity contribution < 1.29 is 14.1 Å². The van der Waals surface area contributed by atoms with Gasteiger partial charge in [0.05, 0.1) is 10.6 Å². The minimum atomic E-state index is -0.667. The molecule has 1 N–H and O–H groups in total. The van der Waals surface area contributed by atoms with Crippen molar-refractivity contribution in [2.75, 3.05) is 5.32 Å². The molecule has 0 fully saturated rings. The number of nitrogens with zero attached hydrogens (tertiary/aromatic N) is 3. The second-order valence-corrected chi connectivity index (χ2v) is 6.88. The number of fused-ring (bicyclic) bond motifs is 1. The fourth-order valence-corrected chi connectivity index (χ4v) is 3.13. The quantitative estimate of drug-likeness (QED) is 0.294. The van der Waals surface area contributed by atoms with Gasteiger partial charge in [-0.1, -0.05) is 52.3 Å². The smallest absolute Gasteiger partial charge is 0.373 e. The average molecular weight is 455 g/mol. The van der Waals surface area contributed by atoms with Crippen molar-refractivity contribution in [3.05, 3.63) is 87.4 Å². The summed E-state index contributed by atoms with van der Waals surface area (Å²) in [5, 5.41) is 16.1. The molecule has 3 aromatic carbocycles. The van der Waals surface area contributed by atoms with Crippen molar-refractivity contribution in [3.8, 4) is 11.6 Å². The van der Waals surface area contributed by atoms with E-state index in [1.165, 1.54) is 12.1 Å². The molecule has 7 nitrogen and oxygen atoms in total. The summed E-state index contributed by atoms with van der Waals surface area (Å²) < 4.78 is 20.5. The van der Waals surface area contributed by atoms with Gasteiger partial charge >= 0.3 is 11.6 Å². The van der Waals surface area contributed by atoms with Gasteiger partial charge < -0.3 is 10.1 Å². The molecule has 0 aliphatic heterocycles. The Labute approximate surface area is 172 Å². The molecule has 0 saturated heterocycles. The van der Waals surface area contributed by atoms with Gasteiger partial charge in [0.2, 0.25) is 5.82 Å². The first kappa shape index (κ1) is 18.8. The van der Waals surface area contributed by atoms with Crippen LogP contribution in [0.1, 0.15) is 0 Å². The van der Waals surface area contributed by atoms with Crippen LogP contribution in [-0.2, 0) is 0 Å². The van der Waals surface area contributed by atoms with E-state index in [-0.39, 0.29) is 17.4 Å². The molecule has 0 unspecified atom stereocenters. The maximum atomic E-state index is 14.2. The lowest BCUT2D eigenvalue weighted by Crippen LogP contribution is -2.04. The fourth-order valence-electron chi connectivity index (χ4n) is 2.80. The van der Waals surface area contributed by atoms with Crippen LogP contribution in [-0.4, -0.2) is 14.9 Å². The zero-order valence-corrected chi connectivity index (χ0v) is 16.3. The Kier molecular flexibility index (Phi) is 5.05. The highest BCUT2D eigenvalue weighted by Crippen LogP contribution is 2.38. The van der Waals surface area contributed by atoms with Gasteiger partial charge in [0.1, 0.15) is 17.9 Å². The summed E-state index contributed by atoms with van der Waals surface area (Å²) in [7, 11) is 0. The van der Waals surface area contributed by atoms with E-state index in [4.69, 9.17) is 4.74 Å². The minimum Gasteiger partial charge on any atom is -0.433 e. The molecule has 0 aliphatic carbocycles. The first-order valence-corrected chi connectivity index (χ1v) is 9.19. The topological polar surface area (TPSA) is 90.2 Å². The highest BCUT2D eigenvalue weighted by molar-refractivity contribution is 9.10. The van der Waals surface area contributed by atoms with E-state index in [0.29, 0.717) is 10.2 Å². The van der Waals surface area contributed by atoms with E-state index in [9.17, 15) is 14.5 Å². The number of nitrogens with one attached hydrogen (secondary N) is 1. The van der Waals surface area contributed by atoms with Gasteiger partial charge in [-0.05, 0) is 29.7 Å². The zero-order valence-electron chi connectivity index (χ0n) is 14.7. The molecule has 29 heavy (non-hydrogen) atoms. The molecular weight excluding hydrogens is 443 g/mol. The lowest BCUT2D eigenvalue weighted by Gasteiger charge is -2.11. The predicted octanol–water partition coefficient (Wildman–Crippen LogP) is 5.98. The number of hydrogen-bond acceptors (Lipinski definition) is 6. The van der Waals surface area contributed by atoms with Crippen LogP contribution in [0.4, 0.5) is 21.6 Å². The van der Waals surface area contributed by atoms with Crippen LogP contribution in [0.25, 0.3) is 10.8 Å². The summed E-state index contributed by atoms with van der Waals surface area (Å²) in [4.78, 5) is 18.9. The van der Waals surface area contributed by atoms with Crippen molar-refractivity contribution in [1.29, 1.82) is 0 Å². The maximum absolute atomic E-state index is 14.2. The van der Waals surface area contributed by atoms with E-state index >= 15 is 0 Å². The molecule has 0 saturated carbocycles. The van der Waals surface area contributed by atoms with E-state index in [1.807, 2.05) is 30.3 Å². The standard InChI is InChI=1S/C20H12BrFN4O3/c21-13-8-9-16(15(22)10-13)25-19-18(26(27)28)20(24-11-23-19)29-17-7-3-5-12-4-1-2-6-14(12)17/h1-11H,(H,23,24,25). The average Bonchev–Trinajstić information content (AvgIpc) is 2.70. The molecule has 4 aromatic rings. The Morgan fingerprint density at radius 2 is 1.86 bits per heavy atom. The van der Waals surface area contributed by atoms with Gasteiger partial charge in [-0.15, -0.1) is 0 Å². The van der Waals surface area contributed by atoms with Gasteiger partial charge in [0.15, 0.2) is 0 Å². The van der Waals surface area contributed by atoms with Gasteiger partial charge in [0, 0.05) is 9.86 Å². The van der Waals surface area contributed by atoms with Crippen LogP contribution in [0.3, 0.4) is 0 Å². The third-order valence-corrected chi connectivity index (χ3v) is 4.60. The Balaban J connectivity index is 1.76. The van der Waals surface area contributed by atoms with Crippen LogP contribution in [0.2, 0.25) is 0 Å². The third-order valence-electron chi connectivity index (χ3n) is 4.11. The molecule has 9 heteroatoms. The lowest BCUT2D eigenvalue weighted by molar-refractivity contribution is -0.385. The highest BCUT2D eigenvalue weighted by atomic mass is 79.9. The lowest BCUT2D eigenvalue weighted by atomic mass is 10.1. The number of nitro groups is 1. The molecule has 0 bridgehead atoms. The summed E-state index contributed by atoms with van der Waals surface area (Å²) >= 11 is 3.17. The molecule has 1 heterocycles. The highest BCUT2D eigenvalue weighted by Gasteiger charge is 2.26. The number of aromatic nitrogens is 2. The molecule has 0 amide bonds. The van der Waals surface area contributed by atoms with Crippen molar-refractivity contribution in [1.82, 2.24) is 9.97 Å². The van der Waals surface area contributed by atoms with Crippen molar-refractivity contribution in [2.45, 2.75) is 0 Å². The van der Waals surface area contributed by atoms with E-state index in [0.717, 1.165) is 17.1 Å². The zero-order chi connectivity index (χ0) is 20.4. The number of halogens is 2. The van der Waals surface area contributed by atoms with Crippen LogP contribution in [0.15, 0.2) is 71.5 Å². The molecule has 0 aliphatic rings. The summed E-state index contributed by atoms with van der Waals surface area (Å²) in [6, 6.07) is 17.1. The Morgan fingerprint density at radius 3 is 2.66 bits per heavy atom. The summed E-state index contributed by atoms with van der Waals surface area (Å²) in [5.74, 6) is -0.614. The predicted molar refractivity (Wildman–Crippen MR) is 110 cm³/mol. The van der Waals surface area contributed by atoms with Crippen LogP contribution < -0.4 is 10.1 Å². The van der Waals surface area contributed by atoms with Gasteiger partial charge in [-0.2, -0.15) is 4.98 Å². The Hall–Kier alpha value is -3.59. The van der Waals surface area contributed by atoms with Crippen molar-refractivity contribution in [2.24, 2.45) is 0 Å². The van der Waals surface area contributed by atoms with Crippen molar-refractivity contribution in [3.63, 3.8) is 0 Å². The number of benzene rings is 3. The van der Waals surface area contributed by atoms with Crippen LogP contribution in [0, 0.1) is 15.9 Å². The minimum absolute atomic E-state index is 0.0334. The molecule has 4 rings (SSSR count). The number of anilines is 2. The van der Waals surface area contributed by atoms with Crippen molar-refractivity contribution >= 4 is 43.9 Å². The second kappa shape index (κ2) is 7.80. The monoisotopic (exact) mass is 454 g/mol. The Bertz CT molecular complexity index is 1230. The van der Waals surface area contributed by atoms with E-state index < -0.39 is 16.4 Å². The maximum Gasteiger partial charge on any atom is 0.373 e. The van der Waals surface area contributed by atoms with Gasteiger partial charge in [-0.25, -0.2) is 9.37 Å². The molecule has 0 atom stereocenters. The van der Waals surface area contributed by atoms with Crippen LogP contribution >= 0.6 is 15.9 Å². The first-order valence-electron chi connectivity index (χ1n) is 8.40. The molecule has 1 aromatic heterocycles. The Morgan fingerprint density at radius 1 is 1.07 bits per heavy atom. The van der Waals surface area contributed by atoms with E-state index in [2.05, 4.69) is 31.2 Å². The number of ether oxygens (including phenoxy) is 1. The number of rotatable bonds is 5. The van der Waals surface area contributed by atoms with Gasteiger partial charge in [-0.3, -0.25) is 10.1 Å². The van der Waals surface area contributed by atoms with Crippen LogP contribution in [0.5, 0.6) is 11.6 Å². The van der Waals surface area contributed by atoms with E-state index in [1.54, 1.807) is 18.2 Å². The second-order valence-electron chi connectivity index (χ2n) is 5.96. The van der Waals surface area contributed by atoms with Gasteiger partial charge in [0.25, 0.3) is 0 Å². The SMILES string of the molecule is O=[N+]([O-])c1c(Nc2ccc(Br)cc2F)ncnc1Oc1cccc2ccccc12. The molecule has 0 spiro atoms. The third kappa shape index (κ3) is 3.85. The molecule has 0 radical (unpaired) electrons. The largest absolute Gasteiger partial charge is 0.433 e. The summed E-state index contributed by atoms with van der Waals surface area (Å²) in [6.07, 6.45) is 1.12. The fraction of sp³-hybridized carbons (Fsp3) is 0. The summed E-state index contributed by atoms with van der Waals surface area (Å²) in [5.41, 5.74) is -0.464. The normalized spacial score (nSPS) is 10.7. The summed E-state index contributed by atoms with van der Waals surface area (Å²) in [6.45, 7) is 0. The molecule has 144 valence electrons.